The van der Waals surface area contributed by atoms with Crippen LogP contribution in [0.2, 0.25) is 0 Å². The van der Waals surface area contributed by atoms with Gasteiger partial charge in [0.25, 0.3) is 0 Å². The number of carbonyl (C=O) groups is 1. The smallest absolute Gasteiger partial charge is 0.121 e. The van der Waals surface area contributed by atoms with Gasteiger partial charge >= 0.3 is 0 Å². The summed E-state index contributed by atoms with van der Waals surface area (Å²) >= 11 is 0. The van der Waals surface area contributed by atoms with Crippen molar-refractivity contribution < 1.29 is 4.79 Å². The molecule has 0 amide bonds. The number of aldehydes is 1. The molecule has 0 aromatic rings. The van der Waals surface area contributed by atoms with Crippen LogP contribution in [0.3, 0.4) is 0 Å². The fourth-order valence-corrected chi connectivity index (χ4v) is 1.51. The molecule has 2 nitrogen and oxygen atoms in total. The zero-order chi connectivity index (χ0) is 9.83. The van der Waals surface area contributed by atoms with Crippen LogP contribution in [-0.2, 0) is 4.79 Å². The van der Waals surface area contributed by atoms with Gasteiger partial charge in [0.1, 0.15) is 6.29 Å². The molecular weight excluding hydrogens is 150 g/mol. The molecular formula is C10H17NO. The van der Waals surface area contributed by atoms with Crippen LogP contribution in [0.4, 0.5) is 0 Å². The minimum atomic E-state index is -0.486. The first-order valence-electron chi connectivity index (χ1n) is 4.18. The maximum atomic E-state index is 10.3. The Labute approximate surface area is 74.6 Å². The van der Waals surface area contributed by atoms with Crippen LogP contribution in [0.5, 0.6) is 0 Å². The Morgan fingerprint density at radius 2 is 1.83 bits per heavy atom. The van der Waals surface area contributed by atoms with Crippen molar-refractivity contribution in [2.75, 3.05) is 0 Å². The van der Waals surface area contributed by atoms with Gasteiger partial charge in [0, 0.05) is 6.42 Å². The molecule has 0 saturated carbocycles. The Kier molecular flexibility index (Phi) is 3.45. The standard InChI is InChI=1S/C10H17NO/c1-9(2,3)7-10(4,8-11)5-6-12/h6H,5,7H2,1-4H3. The van der Waals surface area contributed by atoms with E-state index < -0.39 is 5.41 Å². The summed E-state index contributed by atoms with van der Waals surface area (Å²) in [6, 6.07) is 2.20. The summed E-state index contributed by atoms with van der Waals surface area (Å²) in [5, 5.41) is 8.87. The molecule has 0 aliphatic heterocycles. The van der Waals surface area contributed by atoms with E-state index in [4.69, 9.17) is 5.26 Å². The normalized spacial score (nSPS) is 16.2. The lowest BCUT2D eigenvalue weighted by Gasteiger charge is -2.28. The molecule has 0 N–H and O–H groups in total. The number of rotatable bonds is 3. The van der Waals surface area contributed by atoms with E-state index in [0.717, 1.165) is 12.7 Å². The molecule has 0 saturated heterocycles. The molecule has 1 atom stereocenters. The minimum Gasteiger partial charge on any atom is -0.303 e. The van der Waals surface area contributed by atoms with Crippen LogP contribution in [-0.4, -0.2) is 6.29 Å². The van der Waals surface area contributed by atoms with Crippen molar-refractivity contribution in [3.8, 4) is 6.07 Å². The molecule has 12 heavy (non-hydrogen) atoms. The van der Waals surface area contributed by atoms with Crippen LogP contribution in [0.1, 0.15) is 40.5 Å². The molecule has 0 bridgehead atoms. The highest BCUT2D eigenvalue weighted by molar-refractivity contribution is 5.51. The van der Waals surface area contributed by atoms with E-state index in [0.29, 0.717) is 6.42 Å². The second kappa shape index (κ2) is 3.71. The van der Waals surface area contributed by atoms with Gasteiger partial charge in [0.15, 0.2) is 0 Å². The highest BCUT2D eigenvalue weighted by Crippen LogP contribution is 2.34. The molecule has 0 heterocycles. The number of hydrogen-bond acceptors (Lipinski definition) is 2. The van der Waals surface area contributed by atoms with Gasteiger partial charge < -0.3 is 4.79 Å². The van der Waals surface area contributed by atoms with Crippen molar-refractivity contribution in [3.05, 3.63) is 0 Å². The van der Waals surface area contributed by atoms with Gasteiger partial charge in [-0.25, -0.2) is 0 Å². The van der Waals surface area contributed by atoms with E-state index in [2.05, 4.69) is 26.8 Å². The Bertz CT molecular complexity index is 197. The first-order valence-corrected chi connectivity index (χ1v) is 4.18. The molecule has 0 aromatic carbocycles. The quantitative estimate of drug-likeness (QED) is 0.606. The van der Waals surface area contributed by atoms with E-state index >= 15 is 0 Å². The fraction of sp³-hybridized carbons (Fsp3) is 0.800. The Morgan fingerprint density at radius 3 is 2.08 bits per heavy atom. The summed E-state index contributed by atoms with van der Waals surface area (Å²) in [5.74, 6) is 0. The summed E-state index contributed by atoms with van der Waals surface area (Å²) in [7, 11) is 0. The first-order chi connectivity index (χ1) is 5.33. The minimum absolute atomic E-state index is 0.105. The monoisotopic (exact) mass is 167 g/mol. The van der Waals surface area contributed by atoms with E-state index in [1.54, 1.807) is 0 Å². The lowest BCUT2D eigenvalue weighted by molar-refractivity contribution is -0.109. The predicted octanol–water partition coefficient (Wildman–Crippen LogP) is 2.54. The molecule has 68 valence electrons. The highest BCUT2D eigenvalue weighted by Gasteiger charge is 2.29. The summed E-state index contributed by atoms with van der Waals surface area (Å²) < 4.78 is 0. The lowest BCUT2D eigenvalue weighted by atomic mass is 9.74. The zero-order valence-electron chi connectivity index (χ0n) is 8.35. The Morgan fingerprint density at radius 1 is 1.33 bits per heavy atom. The van der Waals surface area contributed by atoms with Gasteiger partial charge in [-0.1, -0.05) is 20.8 Å². The average molecular weight is 167 g/mol. The van der Waals surface area contributed by atoms with Gasteiger partial charge in [0.2, 0.25) is 0 Å². The van der Waals surface area contributed by atoms with Gasteiger partial charge in [0.05, 0.1) is 11.5 Å². The summed E-state index contributed by atoms with van der Waals surface area (Å²) in [4.78, 5) is 10.3. The van der Waals surface area contributed by atoms with Gasteiger partial charge in [-0.15, -0.1) is 0 Å². The third kappa shape index (κ3) is 4.12. The van der Waals surface area contributed by atoms with Crippen LogP contribution in [0.25, 0.3) is 0 Å². The van der Waals surface area contributed by atoms with E-state index in [1.165, 1.54) is 0 Å². The maximum absolute atomic E-state index is 10.3. The van der Waals surface area contributed by atoms with Crippen molar-refractivity contribution in [3.63, 3.8) is 0 Å². The molecule has 0 aliphatic rings. The number of nitrogens with zero attached hydrogens (tertiary/aromatic N) is 1. The summed E-state index contributed by atoms with van der Waals surface area (Å²) in [5.41, 5.74) is -0.381. The van der Waals surface area contributed by atoms with Crippen molar-refractivity contribution in [2.24, 2.45) is 10.8 Å². The van der Waals surface area contributed by atoms with E-state index in [1.807, 2.05) is 6.92 Å². The van der Waals surface area contributed by atoms with Crippen LogP contribution < -0.4 is 0 Å². The molecule has 0 fully saturated rings. The zero-order valence-corrected chi connectivity index (χ0v) is 8.35. The third-order valence-corrected chi connectivity index (χ3v) is 1.72. The van der Waals surface area contributed by atoms with Crippen molar-refractivity contribution >= 4 is 6.29 Å². The second-order valence-corrected chi connectivity index (χ2v) is 4.78. The topological polar surface area (TPSA) is 40.9 Å². The fourth-order valence-electron chi connectivity index (χ4n) is 1.51. The lowest BCUT2D eigenvalue weighted by Crippen LogP contribution is -2.22. The third-order valence-electron chi connectivity index (χ3n) is 1.72. The van der Waals surface area contributed by atoms with Crippen molar-refractivity contribution in [2.45, 2.75) is 40.5 Å². The SMILES string of the molecule is CC(C)(C)CC(C)(C#N)CC=O. The predicted molar refractivity (Wildman–Crippen MR) is 48.5 cm³/mol. The van der Waals surface area contributed by atoms with E-state index in [9.17, 15) is 4.79 Å². The van der Waals surface area contributed by atoms with Crippen LogP contribution in [0.15, 0.2) is 0 Å². The molecule has 0 radical (unpaired) electrons. The summed E-state index contributed by atoms with van der Waals surface area (Å²) in [6.45, 7) is 8.07. The average Bonchev–Trinajstić information content (AvgIpc) is 1.84. The highest BCUT2D eigenvalue weighted by atomic mass is 16.1. The largest absolute Gasteiger partial charge is 0.303 e. The first kappa shape index (κ1) is 11.2. The maximum Gasteiger partial charge on any atom is 0.121 e. The van der Waals surface area contributed by atoms with Gasteiger partial charge in [-0.3, -0.25) is 0 Å². The second-order valence-electron chi connectivity index (χ2n) is 4.78. The molecule has 1 unspecified atom stereocenters. The van der Waals surface area contributed by atoms with Crippen molar-refractivity contribution in [1.82, 2.24) is 0 Å². The van der Waals surface area contributed by atoms with Crippen LogP contribution in [0, 0.1) is 22.2 Å². The molecule has 0 aromatic heterocycles. The van der Waals surface area contributed by atoms with Gasteiger partial charge in [-0.2, -0.15) is 5.26 Å². The molecule has 0 rings (SSSR count). The van der Waals surface area contributed by atoms with E-state index in [-0.39, 0.29) is 5.41 Å². The van der Waals surface area contributed by atoms with Crippen LogP contribution >= 0.6 is 0 Å². The number of nitriles is 1. The number of hydrogen-bond donors (Lipinski definition) is 0. The Hall–Kier alpha value is -0.840. The molecule has 2 heteroatoms. The molecule has 0 aliphatic carbocycles. The van der Waals surface area contributed by atoms with Crippen molar-refractivity contribution in [1.29, 1.82) is 5.26 Å². The Balaban J connectivity index is 4.36. The van der Waals surface area contributed by atoms with Gasteiger partial charge in [-0.05, 0) is 18.8 Å². The number of carbonyl (C=O) groups excluding carboxylic acids is 1. The summed E-state index contributed by atoms with van der Waals surface area (Å²) in [6.07, 6.45) is 1.92. The molecule has 0 spiro atoms.